The van der Waals surface area contributed by atoms with Gasteiger partial charge in [-0.1, -0.05) is 6.08 Å². The molecule has 0 saturated heterocycles. The Balaban J connectivity index is 1.76. The molecule has 2 aliphatic rings. The number of hydrogen-bond acceptors (Lipinski definition) is 5. The van der Waals surface area contributed by atoms with Crippen LogP contribution < -0.4 is 10.7 Å². The number of fused-ring (bicyclic) bond motifs is 1. The van der Waals surface area contributed by atoms with Gasteiger partial charge < -0.3 is 19.4 Å². The maximum absolute atomic E-state index is 15.8. The lowest BCUT2D eigenvalue weighted by molar-refractivity contribution is 0.0507. The highest BCUT2D eigenvalue weighted by molar-refractivity contribution is 5.95. The van der Waals surface area contributed by atoms with Crippen molar-refractivity contribution < 1.29 is 27.8 Å². The maximum atomic E-state index is 15.8. The summed E-state index contributed by atoms with van der Waals surface area (Å²) in [4.78, 5) is 37.3. The SMILES string of the molecule is CCOC(=O)c1cn(C2CC2)c2c(F)c(C3=CC(NC(=O)OC(C)(C)C)CC3)c(F)cc2c1=O. The van der Waals surface area contributed by atoms with E-state index in [2.05, 4.69) is 5.32 Å². The number of ether oxygens (including phenoxy) is 2. The monoisotopic (exact) mass is 474 g/mol. The Bertz CT molecular complexity index is 1250. The third-order valence-electron chi connectivity index (χ3n) is 5.79. The highest BCUT2D eigenvalue weighted by Crippen LogP contribution is 2.40. The first-order valence-electron chi connectivity index (χ1n) is 11.4. The first-order valence-corrected chi connectivity index (χ1v) is 11.4. The highest BCUT2D eigenvalue weighted by atomic mass is 19.1. The standard InChI is InChI=1S/C25H28F2N2O5/c1-5-33-23(31)17-12-29(15-8-9-15)21-16(22(17)30)11-18(26)19(20(21)27)13-6-7-14(10-13)28-24(32)34-25(2,3)4/h10-12,14-15H,5-9H2,1-4H3,(H,28,32). The summed E-state index contributed by atoms with van der Waals surface area (Å²) in [5.41, 5.74) is -1.52. The lowest BCUT2D eigenvalue weighted by Gasteiger charge is -2.21. The van der Waals surface area contributed by atoms with Gasteiger partial charge in [0.1, 0.15) is 17.0 Å². The van der Waals surface area contributed by atoms with Gasteiger partial charge in [-0.15, -0.1) is 0 Å². The summed E-state index contributed by atoms with van der Waals surface area (Å²) < 4.78 is 42.8. The Morgan fingerprint density at radius 1 is 1.21 bits per heavy atom. The fourth-order valence-corrected chi connectivity index (χ4v) is 4.23. The number of aromatic nitrogens is 1. The highest BCUT2D eigenvalue weighted by Gasteiger charge is 2.32. The van der Waals surface area contributed by atoms with Crippen LogP contribution in [0.4, 0.5) is 13.6 Å². The minimum atomic E-state index is -0.894. The van der Waals surface area contributed by atoms with Gasteiger partial charge in [0.15, 0.2) is 5.82 Å². The van der Waals surface area contributed by atoms with Crippen LogP contribution in [0.5, 0.6) is 0 Å². The summed E-state index contributed by atoms with van der Waals surface area (Å²) >= 11 is 0. The Kier molecular flexibility index (Phi) is 6.22. The number of amides is 1. The lowest BCUT2D eigenvalue weighted by Crippen LogP contribution is -2.37. The molecular weight excluding hydrogens is 446 g/mol. The molecule has 34 heavy (non-hydrogen) atoms. The van der Waals surface area contributed by atoms with Crippen molar-refractivity contribution in [1.82, 2.24) is 9.88 Å². The summed E-state index contributed by atoms with van der Waals surface area (Å²) in [6.07, 6.45) is 4.65. The molecule has 2 aliphatic carbocycles. The molecule has 1 fully saturated rings. The number of benzene rings is 1. The number of carbonyl (C=O) groups is 2. The summed E-state index contributed by atoms with van der Waals surface area (Å²) in [5.74, 6) is -2.56. The number of halogens is 2. The van der Waals surface area contributed by atoms with Crippen molar-refractivity contribution in [3.05, 3.63) is 51.3 Å². The zero-order valence-corrected chi connectivity index (χ0v) is 19.7. The largest absolute Gasteiger partial charge is 0.462 e. The number of pyridine rings is 1. The van der Waals surface area contributed by atoms with Crippen LogP contribution >= 0.6 is 0 Å². The number of allylic oxidation sites excluding steroid dienone is 1. The molecule has 0 bridgehead atoms. The van der Waals surface area contributed by atoms with E-state index < -0.39 is 40.8 Å². The summed E-state index contributed by atoms with van der Waals surface area (Å²) in [6, 6.07) is 0.479. The van der Waals surface area contributed by atoms with Crippen LogP contribution in [0, 0.1) is 11.6 Å². The van der Waals surface area contributed by atoms with Gasteiger partial charge >= 0.3 is 12.1 Å². The fourth-order valence-electron chi connectivity index (χ4n) is 4.23. The van der Waals surface area contributed by atoms with Gasteiger partial charge in [0.05, 0.1) is 29.1 Å². The van der Waals surface area contributed by atoms with Crippen molar-refractivity contribution in [3.8, 4) is 0 Å². The van der Waals surface area contributed by atoms with Crippen molar-refractivity contribution in [2.24, 2.45) is 0 Å². The van der Waals surface area contributed by atoms with E-state index in [0.717, 1.165) is 18.9 Å². The number of alkyl carbamates (subject to hydrolysis) is 1. The van der Waals surface area contributed by atoms with E-state index in [1.807, 2.05) is 0 Å². The van der Waals surface area contributed by atoms with Gasteiger partial charge in [-0.05, 0) is 65.0 Å². The molecular formula is C25H28F2N2O5. The van der Waals surface area contributed by atoms with Crippen molar-refractivity contribution in [2.45, 2.75) is 71.1 Å². The van der Waals surface area contributed by atoms with Crippen LogP contribution in [-0.4, -0.2) is 34.9 Å². The number of hydrogen-bond donors (Lipinski definition) is 1. The Morgan fingerprint density at radius 2 is 1.91 bits per heavy atom. The molecule has 4 rings (SSSR count). The van der Waals surface area contributed by atoms with Gasteiger partial charge in [0, 0.05) is 12.2 Å². The Hall–Kier alpha value is -3.23. The Labute approximate surface area is 195 Å². The normalized spacial score (nSPS) is 18.1. The van der Waals surface area contributed by atoms with Gasteiger partial charge in [-0.3, -0.25) is 4.79 Å². The van der Waals surface area contributed by atoms with Crippen LogP contribution in [0.2, 0.25) is 0 Å². The lowest BCUT2D eigenvalue weighted by atomic mass is 10.00. The van der Waals surface area contributed by atoms with Gasteiger partial charge in [0.25, 0.3) is 0 Å². The molecule has 7 nitrogen and oxygen atoms in total. The van der Waals surface area contributed by atoms with Crippen LogP contribution in [0.25, 0.3) is 16.5 Å². The second-order valence-corrected chi connectivity index (χ2v) is 9.66. The van der Waals surface area contributed by atoms with E-state index in [1.165, 1.54) is 6.20 Å². The number of carbonyl (C=O) groups excluding carboxylic acids is 2. The predicted molar refractivity (Wildman–Crippen MR) is 123 cm³/mol. The third-order valence-corrected chi connectivity index (χ3v) is 5.79. The van der Waals surface area contributed by atoms with E-state index in [1.54, 1.807) is 38.3 Å². The average molecular weight is 475 g/mol. The number of esters is 1. The second kappa shape index (κ2) is 8.85. The minimum absolute atomic E-state index is 0.0265. The molecule has 1 heterocycles. The molecule has 182 valence electrons. The minimum Gasteiger partial charge on any atom is -0.462 e. The van der Waals surface area contributed by atoms with Crippen molar-refractivity contribution in [1.29, 1.82) is 0 Å². The van der Waals surface area contributed by atoms with Crippen molar-refractivity contribution in [2.75, 3.05) is 6.61 Å². The fraction of sp³-hybridized carbons (Fsp3) is 0.480. The molecule has 0 spiro atoms. The smallest absolute Gasteiger partial charge is 0.408 e. The first-order chi connectivity index (χ1) is 16.0. The second-order valence-electron chi connectivity index (χ2n) is 9.66. The van der Waals surface area contributed by atoms with E-state index in [-0.39, 0.29) is 34.7 Å². The van der Waals surface area contributed by atoms with Gasteiger partial charge in [-0.25, -0.2) is 18.4 Å². The number of rotatable bonds is 5. The quantitative estimate of drug-likeness (QED) is 0.626. The van der Waals surface area contributed by atoms with Crippen molar-refractivity contribution in [3.63, 3.8) is 0 Å². The third kappa shape index (κ3) is 4.69. The molecule has 1 aromatic carbocycles. The van der Waals surface area contributed by atoms with E-state index >= 15 is 8.78 Å². The molecule has 1 atom stereocenters. The zero-order valence-electron chi connectivity index (χ0n) is 19.7. The van der Waals surface area contributed by atoms with E-state index in [0.29, 0.717) is 18.4 Å². The molecule has 0 radical (unpaired) electrons. The molecule has 1 amide bonds. The van der Waals surface area contributed by atoms with Crippen LogP contribution in [0.1, 0.15) is 75.3 Å². The van der Waals surface area contributed by atoms with E-state index in [4.69, 9.17) is 9.47 Å². The van der Waals surface area contributed by atoms with Gasteiger partial charge in [0.2, 0.25) is 5.43 Å². The molecule has 0 aliphatic heterocycles. The molecule has 1 saturated carbocycles. The summed E-state index contributed by atoms with van der Waals surface area (Å²) in [6.45, 7) is 6.93. The molecule has 1 aromatic heterocycles. The van der Waals surface area contributed by atoms with Crippen molar-refractivity contribution >= 4 is 28.5 Å². The topological polar surface area (TPSA) is 86.6 Å². The predicted octanol–water partition coefficient (Wildman–Crippen LogP) is 4.86. The first kappa shape index (κ1) is 23.9. The van der Waals surface area contributed by atoms with Gasteiger partial charge in [-0.2, -0.15) is 0 Å². The zero-order chi connectivity index (χ0) is 24.8. The average Bonchev–Trinajstić information content (AvgIpc) is 3.47. The van der Waals surface area contributed by atoms with Crippen LogP contribution in [0.15, 0.2) is 23.1 Å². The molecule has 9 heteroatoms. The number of nitrogens with one attached hydrogen (secondary N) is 1. The Morgan fingerprint density at radius 3 is 2.53 bits per heavy atom. The van der Waals surface area contributed by atoms with E-state index in [9.17, 15) is 14.4 Å². The maximum Gasteiger partial charge on any atom is 0.408 e. The molecule has 1 N–H and O–H groups in total. The molecule has 1 unspecified atom stereocenters. The summed E-state index contributed by atoms with van der Waals surface area (Å²) in [7, 11) is 0. The number of nitrogens with zero attached hydrogens (tertiary/aromatic N) is 1. The summed E-state index contributed by atoms with van der Waals surface area (Å²) in [5, 5.41) is 2.51. The molecule has 2 aromatic rings. The van der Waals surface area contributed by atoms with Crippen LogP contribution in [-0.2, 0) is 9.47 Å². The van der Waals surface area contributed by atoms with Crippen LogP contribution in [0.3, 0.4) is 0 Å².